The van der Waals surface area contributed by atoms with Gasteiger partial charge >= 0.3 is 10.4 Å². The first kappa shape index (κ1) is 20.8. The zero-order valence-corrected chi connectivity index (χ0v) is 13.3. The zero-order valence-electron chi connectivity index (χ0n) is 12.5. The Hall–Kier alpha value is -2.17. The van der Waals surface area contributed by atoms with E-state index in [-0.39, 0.29) is 0 Å². The number of hydrogen-bond donors (Lipinski definition) is 6. The molecule has 2 aromatic rings. The van der Waals surface area contributed by atoms with Gasteiger partial charge in [-0.15, -0.1) is 0 Å². The predicted molar refractivity (Wildman–Crippen MR) is 89.0 cm³/mol. The minimum Gasteiger partial charge on any atom is -0.508 e. The molecule has 9 N–H and O–H groups in total. The number of benzene rings is 2. The predicted octanol–water partition coefficient (Wildman–Crippen LogP) is 1.23. The minimum atomic E-state index is -4.67. The van der Waals surface area contributed by atoms with Crippen molar-refractivity contribution in [3.63, 3.8) is 0 Å². The summed E-state index contributed by atoms with van der Waals surface area (Å²) < 4.78 is 31.6. The van der Waals surface area contributed by atoms with Gasteiger partial charge in [-0.3, -0.25) is 9.11 Å². The van der Waals surface area contributed by atoms with Crippen molar-refractivity contribution in [1.29, 1.82) is 0 Å². The molecule has 0 saturated heterocycles. The third-order valence-electron chi connectivity index (χ3n) is 2.44. The first-order chi connectivity index (χ1) is 10.5. The van der Waals surface area contributed by atoms with E-state index in [1.165, 1.54) is 0 Å². The van der Waals surface area contributed by atoms with Gasteiger partial charge in [0.05, 0.1) is 6.17 Å². The van der Waals surface area contributed by atoms with E-state index in [0.717, 1.165) is 16.8 Å². The molecule has 0 amide bonds. The van der Waals surface area contributed by atoms with Gasteiger partial charge in [0.25, 0.3) is 0 Å². The van der Waals surface area contributed by atoms with E-state index >= 15 is 0 Å². The Morgan fingerprint density at radius 1 is 0.957 bits per heavy atom. The van der Waals surface area contributed by atoms with Crippen LogP contribution < -0.4 is 17.2 Å². The molecule has 0 bridgehead atoms. The van der Waals surface area contributed by atoms with Crippen molar-refractivity contribution in [2.75, 3.05) is 5.73 Å². The Morgan fingerprint density at radius 2 is 1.39 bits per heavy atom. The lowest BCUT2D eigenvalue weighted by atomic mass is 10.2. The molecule has 0 aromatic heterocycles. The van der Waals surface area contributed by atoms with Gasteiger partial charge < -0.3 is 22.3 Å². The Bertz CT molecular complexity index is 659. The molecule has 0 aliphatic rings. The number of phenols is 1. The van der Waals surface area contributed by atoms with Crippen molar-refractivity contribution >= 4 is 16.1 Å². The van der Waals surface area contributed by atoms with E-state index in [9.17, 15) is 0 Å². The summed E-state index contributed by atoms with van der Waals surface area (Å²) >= 11 is 0. The van der Waals surface area contributed by atoms with E-state index < -0.39 is 16.6 Å². The minimum absolute atomic E-state index is 0.368. The van der Waals surface area contributed by atoms with Gasteiger partial charge in [-0.2, -0.15) is 8.42 Å². The van der Waals surface area contributed by atoms with Gasteiger partial charge in [0, 0.05) is 5.69 Å². The maximum atomic E-state index is 8.92. The molecule has 0 aliphatic heterocycles. The van der Waals surface area contributed by atoms with Gasteiger partial charge in [-0.1, -0.05) is 30.3 Å². The SMILES string of the molecule is Cc1ccccc1O.Nc1ccc(C(N)N)cc1.O=S(=O)(O)O. The van der Waals surface area contributed by atoms with E-state index in [1.54, 1.807) is 18.2 Å². The number of rotatable bonds is 1. The Morgan fingerprint density at radius 3 is 1.70 bits per heavy atom. The van der Waals surface area contributed by atoms with Crippen LogP contribution in [0.2, 0.25) is 0 Å². The number of phenolic OH excluding ortho intramolecular Hbond substituents is 1. The normalized spacial score (nSPS) is 10.2. The van der Waals surface area contributed by atoms with Crippen molar-refractivity contribution in [1.82, 2.24) is 0 Å². The highest BCUT2D eigenvalue weighted by Gasteiger charge is 1.96. The highest BCUT2D eigenvalue weighted by atomic mass is 32.3. The Labute approximate surface area is 135 Å². The van der Waals surface area contributed by atoms with Crippen LogP contribution >= 0.6 is 0 Å². The van der Waals surface area contributed by atoms with Crippen LogP contribution in [0.1, 0.15) is 17.3 Å². The van der Waals surface area contributed by atoms with Crippen molar-refractivity contribution in [3.05, 3.63) is 59.7 Å². The molecule has 9 heteroatoms. The average Bonchev–Trinajstić information content (AvgIpc) is 2.41. The van der Waals surface area contributed by atoms with Crippen LogP contribution in [0.3, 0.4) is 0 Å². The van der Waals surface area contributed by atoms with E-state index in [0.29, 0.717) is 5.75 Å². The van der Waals surface area contributed by atoms with Crippen molar-refractivity contribution < 1.29 is 22.6 Å². The molecule has 0 aliphatic carbocycles. The van der Waals surface area contributed by atoms with E-state index in [4.69, 9.17) is 39.8 Å². The molecular formula is C14H21N3O5S. The van der Waals surface area contributed by atoms with Gasteiger partial charge in [-0.05, 0) is 36.2 Å². The van der Waals surface area contributed by atoms with Crippen molar-refractivity contribution in [2.24, 2.45) is 11.5 Å². The number of para-hydroxylation sites is 1. The van der Waals surface area contributed by atoms with Crippen LogP contribution in [0.15, 0.2) is 48.5 Å². The van der Waals surface area contributed by atoms with E-state index in [2.05, 4.69) is 0 Å². The largest absolute Gasteiger partial charge is 0.508 e. The third-order valence-corrected chi connectivity index (χ3v) is 2.44. The van der Waals surface area contributed by atoms with Crippen molar-refractivity contribution in [3.8, 4) is 5.75 Å². The fourth-order valence-electron chi connectivity index (χ4n) is 1.28. The molecule has 0 unspecified atom stereocenters. The smallest absolute Gasteiger partial charge is 0.394 e. The summed E-state index contributed by atoms with van der Waals surface area (Å²) in [6, 6.07) is 14.5. The molecule has 0 atom stereocenters. The molecule has 0 spiro atoms. The number of nitrogen functional groups attached to an aromatic ring is 1. The highest BCUT2D eigenvalue weighted by Crippen LogP contribution is 2.12. The molecule has 0 fully saturated rings. The maximum absolute atomic E-state index is 8.92. The second-order valence-corrected chi connectivity index (χ2v) is 5.32. The van der Waals surface area contributed by atoms with Crippen LogP contribution in [-0.4, -0.2) is 22.6 Å². The third kappa shape index (κ3) is 12.1. The monoisotopic (exact) mass is 343 g/mol. The molecule has 23 heavy (non-hydrogen) atoms. The topological polar surface area (TPSA) is 173 Å². The van der Waals surface area contributed by atoms with Crippen LogP contribution in [0.25, 0.3) is 0 Å². The van der Waals surface area contributed by atoms with E-state index in [1.807, 2.05) is 37.3 Å². The highest BCUT2D eigenvalue weighted by molar-refractivity contribution is 7.79. The zero-order chi connectivity index (χ0) is 18.0. The average molecular weight is 343 g/mol. The summed E-state index contributed by atoms with van der Waals surface area (Å²) in [5.74, 6) is 0.368. The molecule has 0 heterocycles. The lowest BCUT2D eigenvalue weighted by Gasteiger charge is -2.04. The fourth-order valence-corrected chi connectivity index (χ4v) is 1.28. The summed E-state index contributed by atoms with van der Waals surface area (Å²) in [5.41, 5.74) is 18.8. The maximum Gasteiger partial charge on any atom is 0.394 e. The van der Waals surface area contributed by atoms with Crippen LogP contribution in [0.4, 0.5) is 5.69 Å². The van der Waals surface area contributed by atoms with Gasteiger partial charge in [0.2, 0.25) is 0 Å². The Balaban J connectivity index is 0.000000335. The Kier molecular flexibility index (Phi) is 8.85. The fraction of sp³-hybridized carbons (Fsp3) is 0.143. The second kappa shape index (κ2) is 9.77. The summed E-state index contributed by atoms with van der Waals surface area (Å²) in [6.45, 7) is 1.87. The lowest BCUT2D eigenvalue weighted by molar-refractivity contribution is 0.381. The number of hydrogen-bond acceptors (Lipinski definition) is 6. The van der Waals surface area contributed by atoms with Crippen LogP contribution in [-0.2, 0) is 10.4 Å². The molecule has 8 nitrogen and oxygen atoms in total. The second-order valence-electron chi connectivity index (χ2n) is 4.43. The first-order valence-corrected chi connectivity index (χ1v) is 7.71. The number of anilines is 1. The molecule has 0 saturated carbocycles. The van der Waals surface area contributed by atoms with Crippen LogP contribution in [0, 0.1) is 6.92 Å². The van der Waals surface area contributed by atoms with Gasteiger partial charge in [0.1, 0.15) is 5.75 Å². The number of aryl methyl sites for hydroxylation is 1. The summed E-state index contributed by atoms with van der Waals surface area (Å²) in [7, 11) is -4.67. The summed E-state index contributed by atoms with van der Waals surface area (Å²) in [6.07, 6.45) is -0.402. The number of aromatic hydroxyl groups is 1. The summed E-state index contributed by atoms with van der Waals surface area (Å²) in [5, 5.41) is 8.92. The quantitative estimate of drug-likeness (QED) is 0.255. The summed E-state index contributed by atoms with van der Waals surface area (Å²) in [4.78, 5) is 0. The molecule has 0 radical (unpaired) electrons. The molecular weight excluding hydrogens is 322 g/mol. The number of nitrogens with two attached hydrogens (primary N) is 3. The first-order valence-electron chi connectivity index (χ1n) is 6.31. The van der Waals surface area contributed by atoms with Crippen molar-refractivity contribution in [2.45, 2.75) is 13.1 Å². The lowest BCUT2D eigenvalue weighted by Crippen LogP contribution is -2.19. The molecule has 128 valence electrons. The molecule has 2 rings (SSSR count). The standard InChI is InChI=1S/C7H11N3.C7H8O.H2O4S/c8-6-3-1-5(2-4-6)7(9)10;1-6-4-2-3-5-7(6)8;1-5(2,3)4/h1-4,7H,8-10H2;2-5,8H,1H3;(H2,1,2,3,4). The van der Waals surface area contributed by atoms with Gasteiger partial charge in [0.15, 0.2) is 0 Å². The molecule has 2 aromatic carbocycles. The van der Waals surface area contributed by atoms with Crippen LogP contribution in [0.5, 0.6) is 5.75 Å². The van der Waals surface area contributed by atoms with Gasteiger partial charge in [-0.25, -0.2) is 0 Å².